The van der Waals surface area contributed by atoms with Gasteiger partial charge in [0.25, 0.3) is 0 Å². The van der Waals surface area contributed by atoms with Crippen molar-refractivity contribution in [2.24, 2.45) is 0 Å². The van der Waals surface area contributed by atoms with Gasteiger partial charge in [0, 0.05) is 33.6 Å². The van der Waals surface area contributed by atoms with E-state index in [1.54, 1.807) is 0 Å². The van der Waals surface area contributed by atoms with Gasteiger partial charge >= 0.3 is 0 Å². The van der Waals surface area contributed by atoms with Crippen molar-refractivity contribution in [1.82, 2.24) is 14.1 Å². The lowest BCUT2D eigenvalue weighted by Gasteiger charge is -2.13. The number of benzene rings is 5. The van der Waals surface area contributed by atoms with Gasteiger partial charge in [-0.25, -0.2) is 4.98 Å². The Hall–Kier alpha value is -5.41. The van der Waals surface area contributed by atoms with Gasteiger partial charge in [0.05, 0.1) is 22.2 Å². The van der Waals surface area contributed by atoms with E-state index in [1.165, 1.54) is 32.8 Å². The van der Waals surface area contributed by atoms with Crippen LogP contribution in [-0.2, 0) is 0 Å². The van der Waals surface area contributed by atoms with Crippen LogP contribution in [0.15, 0.2) is 152 Å². The molecule has 40 heavy (non-hydrogen) atoms. The quantitative estimate of drug-likeness (QED) is 0.231. The Morgan fingerprint density at radius 3 is 1.90 bits per heavy atom. The van der Waals surface area contributed by atoms with Gasteiger partial charge in [-0.15, -0.1) is 0 Å². The molecule has 8 rings (SSSR count). The van der Waals surface area contributed by atoms with Gasteiger partial charge in [-0.2, -0.15) is 0 Å². The van der Waals surface area contributed by atoms with Crippen LogP contribution in [0.5, 0.6) is 0 Å². The highest BCUT2D eigenvalue weighted by Crippen LogP contribution is 2.38. The minimum absolute atomic E-state index is 0.909. The Kier molecular flexibility index (Phi) is 5.14. The SMILES string of the molecule is c1ccc(-c2cc(-c3ccccc3)nc(-n3c4ccccc4c4ccc5c(ccn5-c5ccccc5)c43)c2)cc1. The molecular formula is C37H25N3. The summed E-state index contributed by atoms with van der Waals surface area (Å²) in [6.07, 6.45) is 2.17. The van der Waals surface area contributed by atoms with E-state index in [2.05, 4.69) is 155 Å². The minimum Gasteiger partial charge on any atom is -0.316 e. The van der Waals surface area contributed by atoms with Gasteiger partial charge in [0.1, 0.15) is 5.82 Å². The standard InChI is InChI=1S/C37H25N3/c1-4-12-26(13-5-1)28-24-33(27-14-6-2-7-15-27)38-36(25-28)40-35-19-11-10-18-30(35)31-20-21-34-32(37(31)40)22-23-39(34)29-16-8-3-9-17-29/h1-25H. The number of rotatable bonds is 4. The molecule has 8 aromatic rings. The normalized spacial score (nSPS) is 11.5. The van der Waals surface area contributed by atoms with Crippen molar-refractivity contribution in [3.63, 3.8) is 0 Å². The third-order valence-electron chi connectivity index (χ3n) is 7.75. The summed E-state index contributed by atoms with van der Waals surface area (Å²) in [6, 6.07) is 51.4. The maximum absolute atomic E-state index is 5.30. The predicted octanol–water partition coefficient (Wildman–Crippen LogP) is 9.46. The summed E-state index contributed by atoms with van der Waals surface area (Å²) in [4.78, 5) is 5.30. The summed E-state index contributed by atoms with van der Waals surface area (Å²) < 4.78 is 4.61. The zero-order valence-electron chi connectivity index (χ0n) is 21.8. The van der Waals surface area contributed by atoms with Gasteiger partial charge in [0.2, 0.25) is 0 Å². The van der Waals surface area contributed by atoms with Crippen LogP contribution in [0.25, 0.3) is 66.6 Å². The molecule has 0 saturated heterocycles. The summed E-state index contributed by atoms with van der Waals surface area (Å²) in [6.45, 7) is 0. The van der Waals surface area contributed by atoms with Crippen LogP contribution < -0.4 is 0 Å². The van der Waals surface area contributed by atoms with E-state index in [4.69, 9.17) is 4.98 Å². The molecule has 0 fully saturated rings. The highest BCUT2D eigenvalue weighted by atomic mass is 15.1. The zero-order valence-corrected chi connectivity index (χ0v) is 21.8. The summed E-state index contributed by atoms with van der Waals surface area (Å²) in [5.74, 6) is 0.909. The molecule has 0 aliphatic rings. The smallest absolute Gasteiger partial charge is 0.138 e. The molecule has 0 N–H and O–H groups in total. The lowest BCUT2D eigenvalue weighted by molar-refractivity contribution is 1.09. The molecule has 0 radical (unpaired) electrons. The van der Waals surface area contributed by atoms with E-state index < -0.39 is 0 Å². The van der Waals surface area contributed by atoms with Gasteiger partial charge < -0.3 is 4.57 Å². The second-order valence-corrected chi connectivity index (χ2v) is 10.1. The molecule has 3 heteroatoms. The molecule has 188 valence electrons. The first-order chi connectivity index (χ1) is 19.8. The van der Waals surface area contributed by atoms with Crippen LogP contribution in [0.3, 0.4) is 0 Å². The molecule has 0 saturated carbocycles. The highest BCUT2D eigenvalue weighted by molar-refractivity contribution is 6.18. The molecule has 0 atom stereocenters. The third-order valence-corrected chi connectivity index (χ3v) is 7.75. The van der Waals surface area contributed by atoms with Crippen LogP contribution in [0.1, 0.15) is 0 Å². The fourth-order valence-corrected chi connectivity index (χ4v) is 5.91. The van der Waals surface area contributed by atoms with Crippen molar-refractivity contribution in [3.8, 4) is 33.9 Å². The highest BCUT2D eigenvalue weighted by Gasteiger charge is 2.19. The molecular weight excluding hydrogens is 486 g/mol. The largest absolute Gasteiger partial charge is 0.316 e. The van der Waals surface area contributed by atoms with Crippen molar-refractivity contribution in [3.05, 3.63) is 152 Å². The Bertz CT molecular complexity index is 2080. The monoisotopic (exact) mass is 511 g/mol. The average molecular weight is 512 g/mol. The summed E-state index contributed by atoms with van der Waals surface area (Å²) in [7, 11) is 0. The first-order valence-corrected chi connectivity index (χ1v) is 13.6. The number of hydrogen-bond acceptors (Lipinski definition) is 1. The Morgan fingerprint density at radius 1 is 0.450 bits per heavy atom. The van der Waals surface area contributed by atoms with Crippen LogP contribution in [-0.4, -0.2) is 14.1 Å². The lowest BCUT2D eigenvalue weighted by Crippen LogP contribution is -2.00. The van der Waals surface area contributed by atoms with Crippen LogP contribution in [0, 0.1) is 0 Å². The molecule has 3 aromatic heterocycles. The van der Waals surface area contributed by atoms with Crippen molar-refractivity contribution in [2.45, 2.75) is 0 Å². The van der Waals surface area contributed by atoms with Crippen LogP contribution in [0.4, 0.5) is 0 Å². The third kappa shape index (κ3) is 3.56. The summed E-state index contributed by atoms with van der Waals surface area (Å²) in [5, 5.41) is 3.65. The van der Waals surface area contributed by atoms with Crippen molar-refractivity contribution >= 4 is 32.7 Å². The van der Waals surface area contributed by atoms with Gasteiger partial charge in [-0.3, -0.25) is 4.57 Å². The number of nitrogens with zero attached hydrogens (tertiary/aromatic N) is 3. The van der Waals surface area contributed by atoms with E-state index in [0.717, 1.165) is 33.8 Å². The van der Waals surface area contributed by atoms with Crippen LogP contribution in [0.2, 0.25) is 0 Å². The number of fused-ring (bicyclic) bond motifs is 5. The van der Waals surface area contributed by atoms with Crippen molar-refractivity contribution < 1.29 is 0 Å². The van der Waals surface area contributed by atoms with E-state index >= 15 is 0 Å². The fraction of sp³-hybridized carbons (Fsp3) is 0. The number of pyridine rings is 1. The molecule has 0 unspecified atom stereocenters. The Morgan fingerprint density at radius 2 is 1.12 bits per heavy atom. The molecule has 3 heterocycles. The van der Waals surface area contributed by atoms with Crippen molar-refractivity contribution in [1.29, 1.82) is 0 Å². The first kappa shape index (κ1) is 22.6. The second kappa shape index (κ2) is 9.11. The Labute approximate surface area is 232 Å². The van der Waals surface area contributed by atoms with Gasteiger partial charge in [-0.1, -0.05) is 103 Å². The fourth-order valence-electron chi connectivity index (χ4n) is 5.91. The minimum atomic E-state index is 0.909. The molecule has 0 aliphatic heterocycles. The molecule has 5 aromatic carbocycles. The average Bonchev–Trinajstić information content (AvgIpc) is 3.62. The van der Waals surface area contributed by atoms with Gasteiger partial charge in [0.15, 0.2) is 0 Å². The zero-order chi connectivity index (χ0) is 26.5. The van der Waals surface area contributed by atoms with E-state index in [-0.39, 0.29) is 0 Å². The van der Waals surface area contributed by atoms with E-state index in [9.17, 15) is 0 Å². The lowest BCUT2D eigenvalue weighted by atomic mass is 10.0. The predicted molar refractivity (Wildman–Crippen MR) is 166 cm³/mol. The Balaban J connectivity index is 1.48. The number of hydrogen-bond donors (Lipinski definition) is 0. The van der Waals surface area contributed by atoms with E-state index in [1.807, 2.05) is 6.07 Å². The first-order valence-electron chi connectivity index (χ1n) is 13.6. The summed E-state index contributed by atoms with van der Waals surface area (Å²) >= 11 is 0. The number of para-hydroxylation sites is 2. The maximum Gasteiger partial charge on any atom is 0.138 e. The molecule has 0 spiro atoms. The topological polar surface area (TPSA) is 22.8 Å². The maximum atomic E-state index is 5.30. The molecule has 0 amide bonds. The van der Waals surface area contributed by atoms with Crippen molar-refractivity contribution in [2.75, 3.05) is 0 Å². The van der Waals surface area contributed by atoms with E-state index in [0.29, 0.717) is 0 Å². The molecule has 0 aliphatic carbocycles. The molecule has 0 bridgehead atoms. The number of aromatic nitrogens is 3. The second-order valence-electron chi connectivity index (χ2n) is 10.1. The van der Waals surface area contributed by atoms with Crippen LogP contribution >= 0.6 is 0 Å². The summed E-state index contributed by atoms with van der Waals surface area (Å²) in [5.41, 5.74) is 9.01. The van der Waals surface area contributed by atoms with Gasteiger partial charge in [-0.05, 0) is 53.6 Å². The molecule has 3 nitrogen and oxygen atoms in total.